The summed E-state index contributed by atoms with van der Waals surface area (Å²) in [6.07, 6.45) is 0.970. The van der Waals surface area contributed by atoms with Crippen molar-refractivity contribution in [2.45, 2.75) is 30.0 Å². The number of halogens is 1. The Hall–Kier alpha value is -1.72. The molecule has 1 N–H and O–H groups in total. The average Bonchev–Trinajstić information content (AvgIpc) is 2.78. The summed E-state index contributed by atoms with van der Waals surface area (Å²) in [5.74, 6) is 0. The minimum absolute atomic E-state index is 0.229. The van der Waals surface area contributed by atoms with Gasteiger partial charge in [-0.05, 0) is 56.2 Å². The molecule has 0 saturated carbocycles. The monoisotopic (exact) mass is 505 g/mol. The first-order valence-electron chi connectivity index (χ1n) is 9.73. The average molecular weight is 506 g/mol. The summed E-state index contributed by atoms with van der Waals surface area (Å²) in [7, 11) is -7.13. The summed E-state index contributed by atoms with van der Waals surface area (Å²) in [5, 5.41) is 3.94. The van der Waals surface area contributed by atoms with Crippen LogP contribution in [0.4, 0.5) is 0 Å². The van der Waals surface area contributed by atoms with E-state index in [4.69, 9.17) is 0 Å². The molecule has 3 rings (SSSR count). The normalized spacial score (nSPS) is 13.1. The lowest BCUT2D eigenvalue weighted by molar-refractivity contribution is 0.547. The Bertz CT molecular complexity index is 1060. The van der Waals surface area contributed by atoms with E-state index in [-0.39, 0.29) is 4.90 Å². The fraction of sp³-hybridized carbons (Fsp3) is 0.217. The number of hydrogen-bond acceptors (Lipinski definition) is 3. The van der Waals surface area contributed by atoms with Crippen LogP contribution in [-0.4, -0.2) is 19.1 Å². The summed E-state index contributed by atoms with van der Waals surface area (Å²) < 4.78 is 41.3. The second-order valence-corrected chi connectivity index (χ2v) is 12.5. The lowest BCUT2D eigenvalue weighted by atomic mass is 10.2. The first-order chi connectivity index (χ1) is 14.4. The molecule has 0 spiro atoms. The Labute approximate surface area is 187 Å². The van der Waals surface area contributed by atoms with Crippen molar-refractivity contribution in [3.63, 3.8) is 0 Å². The van der Waals surface area contributed by atoms with Crippen LogP contribution in [0, 0.1) is 6.92 Å². The smallest absolute Gasteiger partial charge is 0.205 e. The third-order valence-corrected chi connectivity index (χ3v) is 10.4. The second kappa shape index (κ2) is 10.1. The van der Waals surface area contributed by atoms with Crippen LogP contribution in [0.2, 0.25) is 0 Å². The van der Waals surface area contributed by atoms with Crippen LogP contribution in [0.25, 0.3) is 0 Å². The van der Waals surface area contributed by atoms with E-state index < -0.39 is 22.5 Å². The van der Waals surface area contributed by atoms with E-state index in [0.29, 0.717) is 28.8 Å². The highest BCUT2D eigenvalue weighted by molar-refractivity contribution is 9.09. The molecule has 0 fully saturated rings. The molecule has 7 heteroatoms. The predicted molar refractivity (Wildman–Crippen MR) is 128 cm³/mol. The first kappa shape index (κ1) is 23.0. The van der Waals surface area contributed by atoms with Gasteiger partial charge < -0.3 is 0 Å². The molecule has 0 aliphatic rings. The van der Waals surface area contributed by atoms with Crippen molar-refractivity contribution in [3.8, 4) is 0 Å². The van der Waals surface area contributed by atoms with Gasteiger partial charge in [-0.3, -0.25) is 4.57 Å². The van der Waals surface area contributed by atoms with E-state index in [0.717, 1.165) is 5.56 Å². The molecule has 3 aromatic rings. The molecule has 0 saturated heterocycles. The van der Waals surface area contributed by atoms with Crippen LogP contribution < -0.4 is 15.7 Å². The third kappa shape index (κ3) is 5.12. The molecule has 0 bridgehead atoms. The fourth-order valence-electron chi connectivity index (χ4n) is 3.22. The Balaban J connectivity index is 2.08. The molecule has 0 radical (unpaired) electrons. The van der Waals surface area contributed by atoms with Crippen molar-refractivity contribution in [1.82, 2.24) is 5.09 Å². The molecule has 30 heavy (non-hydrogen) atoms. The minimum Gasteiger partial charge on any atom is -0.296 e. The number of alkyl halides is 1. The number of benzene rings is 3. The topological polar surface area (TPSA) is 63.2 Å². The van der Waals surface area contributed by atoms with Crippen molar-refractivity contribution in [1.29, 1.82) is 0 Å². The summed E-state index contributed by atoms with van der Waals surface area (Å²) in [5.41, 5.74) is 0.984. The Morgan fingerprint density at radius 3 is 1.83 bits per heavy atom. The van der Waals surface area contributed by atoms with Crippen LogP contribution >= 0.6 is 23.2 Å². The van der Waals surface area contributed by atoms with Gasteiger partial charge in [-0.1, -0.05) is 70.0 Å². The lowest BCUT2D eigenvalue weighted by Gasteiger charge is -2.27. The Kier molecular flexibility index (Phi) is 7.70. The van der Waals surface area contributed by atoms with Gasteiger partial charge in [-0.25, -0.2) is 13.5 Å². The Morgan fingerprint density at radius 1 is 0.867 bits per heavy atom. The van der Waals surface area contributed by atoms with Gasteiger partial charge in [-0.2, -0.15) is 0 Å². The standard InChI is InChI=1S/C23H25BrNO3PS/c1-19-14-16-22(17-15-19)30(27,28)23(13-8-18-24)25-29(26,20-9-4-2-5-10-20)21-11-6-3-7-12-21/h2-7,9-12,14-17,23H,8,13,18H2,1H3,(H,25,26). The van der Waals surface area contributed by atoms with Crippen LogP contribution in [-0.2, 0) is 14.4 Å². The van der Waals surface area contributed by atoms with Gasteiger partial charge in [0.1, 0.15) is 5.37 Å². The maximum Gasteiger partial charge on any atom is 0.205 e. The number of nitrogens with one attached hydrogen (secondary N) is 1. The molecule has 0 amide bonds. The highest BCUT2D eigenvalue weighted by Crippen LogP contribution is 2.41. The number of aryl methyl sites for hydroxylation is 1. The van der Waals surface area contributed by atoms with Gasteiger partial charge in [0, 0.05) is 15.9 Å². The number of hydrogen-bond donors (Lipinski definition) is 1. The molecular formula is C23H25BrNO3PS. The fourth-order valence-corrected chi connectivity index (χ4v) is 8.18. The van der Waals surface area contributed by atoms with E-state index in [2.05, 4.69) is 21.0 Å². The van der Waals surface area contributed by atoms with Gasteiger partial charge in [0.25, 0.3) is 0 Å². The van der Waals surface area contributed by atoms with Gasteiger partial charge in [0.15, 0.2) is 9.84 Å². The summed E-state index contributed by atoms with van der Waals surface area (Å²) in [6.45, 7) is 1.91. The zero-order chi connectivity index (χ0) is 21.6. The van der Waals surface area contributed by atoms with Gasteiger partial charge in [-0.15, -0.1) is 0 Å². The molecule has 0 aromatic heterocycles. The van der Waals surface area contributed by atoms with E-state index in [1.807, 2.05) is 43.3 Å². The van der Waals surface area contributed by atoms with Crippen molar-refractivity contribution in [2.24, 2.45) is 0 Å². The van der Waals surface area contributed by atoms with Gasteiger partial charge >= 0.3 is 0 Å². The third-order valence-electron chi connectivity index (χ3n) is 4.89. The van der Waals surface area contributed by atoms with E-state index in [1.165, 1.54) is 0 Å². The highest BCUT2D eigenvalue weighted by Gasteiger charge is 2.36. The molecule has 4 nitrogen and oxygen atoms in total. The van der Waals surface area contributed by atoms with Crippen LogP contribution in [0.1, 0.15) is 18.4 Å². The quantitative estimate of drug-likeness (QED) is 0.335. The zero-order valence-corrected chi connectivity index (χ0v) is 20.0. The lowest BCUT2D eigenvalue weighted by Crippen LogP contribution is -2.40. The second-order valence-electron chi connectivity index (χ2n) is 7.09. The van der Waals surface area contributed by atoms with E-state index >= 15 is 0 Å². The maximum absolute atomic E-state index is 14.3. The molecule has 1 unspecified atom stereocenters. The van der Waals surface area contributed by atoms with Gasteiger partial charge in [0.2, 0.25) is 7.29 Å². The molecule has 0 aliphatic carbocycles. The summed E-state index contributed by atoms with van der Waals surface area (Å²) >= 11 is 3.39. The SMILES string of the molecule is Cc1ccc(S(=O)(=O)C(CCCBr)NP(=O)(c2ccccc2)c2ccccc2)cc1. The zero-order valence-electron chi connectivity index (χ0n) is 16.7. The maximum atomic E-state index is 14.3. The molecule has 1 atom stereocenters. The summed E-state index contributed by atoms with van der Waals surface area (Å²) in [4.78, 5) is 0.229. The molecule has 158 valence electrons. The molecule has 0 aliphatic heterocycles. The first-order valence-corrected chi connectivity index (χ1v) is 14.1. The number of rotatable bonds is 9. The van der Waals surface area contributed by atoms with Crippen LogP contribution in [0.5, 0.6) is 0 Å². The van der Waals surface area contributed by atoms with Crippen molar-refractivity contribution >= 4 is 43.7 Å². The van der Waals surface area contributed by atoms with Crippen molar-refractivity contribution in [2.75, 3.05) is 5.33 Å². The molecular weight excluding hydrogens is 481 g/mol. The van der Waals surface area contributed by atoms with E-state index in [1.54, 1.807) is 48.5 Å². The number of sulfone groups is 1. The largest absolute Gasteiger partial charge is 0.296 e. The van der Waals surface area contributed by atoms with Crippen LogP contribution in [0.15, 0.2) is 89.8 Å². The van der Waals surface area contributed by atoms with Crippen molar-refractivity contribution in [3.05, 3.63) is 90.5 Å². The Morgan fingerprint density at radius 2 is 1.37 bits per heavy atom. The van der Waals surface area contributed by atoms with Crippen molar-refractivity contribution < 1.29 is 13.0 Å². The van der Waals surface area contributed by atoms with E-state index in [9.17, 15) is 13.0 Å². The van der Waals surface area contributed by atoms with Gasteiger partial charge in [0.05, 0.1) is 4.90 Å². The molecule has 3 aromatic carbocycles. The summed E-state index contributed by atoms with van der Waals surface area (Å²) in [6, 6.07) is 24.9. The predicted octanol–water partition coefficient (Wildman–Crippen LogP) is 4.79. The van der Waals surface area contributed by atoms with Crippen LogP contribution in [0.3, 0.4) is 0 Å². The minimum atomic E-state index is -3.74. The molecule has 0 heterocycles. The highest BCUT2D eigenvalue weighted by atomic mass is 79.9.